The lowest BCUT2D eigenvalue weighted by molar-refractivity contribution is -0.150. The number of nitrogens with one attached hydrogen (secondary N) is 1. The fourth-order valence-electron chi connectivity index (χ4n) is 2.71. The number of piperazine rings is 1. The zero-order chi connectivity index (χ0) is 13.9. The average molecular weight is 266 g/mol. The zero-order valence-electron chi connectivity index (χ0n) is 11.7. The first-order valence-electron chi connectivity index (χ1n) is 6.80. The minimum atomic E-state index is -4.08. The molecule has 0 radical (unpaired) electrons. The van der Waals surface area contributed by atoms with E-state index in [9.17, 15) is 13.2 Å². The van der Waals surface area contributed by atoms with Crippen LogP contribution in [0.2, 0.25) is 0 Å². The Bertz CT molecular complexity index is 253. The first-order valence-corrected chi connectivity index (χ1v) is 6.80. The highest BCUT2D eigenvalue weighted by Crippen LogP contribution is 2.27. The van der Waals surface area contributed by atoms with Crippen LogP contribution in [0, 0.1) is 5.92 Å². The van der Waals surface area contributed by atoms with Gasteiger partial charge in [-0.1, -0.05) is 20.8 Å². The summed E-state index contributed by atoms with van der Waals surface area (Å²) in [4.78, 5) is 2.04. The third-order valence-corrected chi connectivity index (χ3v) is 3.83. The smallest absolute Gasteiger partial charge is 0.311 e. The van der Waals surface area contributed by atoms with E-state index < -0.39 is 18.6 Å². The molecule has 0 aromatic rings. The molecule has 1 fully saturated rings. The molecule has 108 valence electrons. The molecule has 3 atom stereocenters. The molecular formula is C13H25F3N2. The molecule has 2 nitrogen and oxygen atoms in total. The molecule has 1 aliphatic heterocycles. The van der Waals surface area contributed by atoms with Crippen LogP contribution in [0.15, 0.2) is 0 Å². The topological polar surface area (TPSA) is 15.3 Å². The summed E-state index contributed by atoms with van der Waals surface area (Å²) in [5.74, 6) is 0.367. The van der Waals surface area contributed by atoms with E-state index in [0.29, 0.717) is 12.0 Å². The van der Waals surface area contributed by atoms with Gasteiger partial charge in [0.05, 0.1) is 6.42 Å². The Balaban J connectivity index is 2.71. The molecule has 18 heavy (non-hydrogen) atoms. The van der Waals surface area contributed by atoms with Gasteiger partial charge in [-0.3, -0.25) is 4.90 Å². The molecule has 1 rings (SSSR count). The lowest BCUT2D eigenvalue weighted by Crippen LogP contribution is -2.60. The molecular weight excluding hydrogens is 241 g/mol. The van der Waals surface area contributed by atoms with Crippen LogP contribution in [0.25, 0.3) is 0 Å². The summed E-state index contributed by atoms with van der Waals surface area (Å²) in [5.41, 5.74) is 0. The molecule has 0 aliphatic carbocycles. The van der Waals surface area contributed by atoms with Gasteiger partial charge in [-0.2, -0.15) is 13.2 Å². The summed E-state index contributed by atoms with van der Waals surface area (Å²) < 4.78 is 37.6. The molecule has 3 unspecified atom stereocenters. The van der Waals surface area contributed by atoms with Crippen molar-refractivity contribution in [3.63, 3.8) is 0 Å². The van der Waals surface area contributed by atoms with Crippen LogP contribution in [0.3, 0.4) is 0 Å². The first kappa shape index (κ1) is 15.8. The van der Waals surface area contributed by atoms with E-state index in [1.807, 2.05) is 4.90 Å². The van der Waals surface area contributed by atoms with Crippen LogP contribution in [0.5, 0.6) is 0 Å². The summed E-state index contributed by atoms with van der Waals surface area (Å²) in [6, 6.07) is 0.0781. The average Bonchev–Trinajstić information content (AvgIpc) is 2.25. The highest BCUT2D eigenvalue weighted by Gasteiger charge is 2.37. The molecule has 1 heterocycles. The van der Waals surface area contributed by atoms with Crippen molar-refractivity contribution in [2.75, 3.05) is 13.1 Å². The maximum atomic E-state index is 12.5. The van der Waals surface area contributed by atoms with Crippen LogP contribution in [0.4, 0.5) is 13.2 Å². The molecule has 1 aliphatic rings. The number of rotatable bonds is 4. The summed E-state index contributed by atoms with van der Waals surface area (Å²) in [7, 11) is 0. The van der Waals surface area contributed by atoms with E-state index in [0.717, 1.165) is 19.5 Å². The Morgan fingerprint density at radius 3 is 2.33 bits per heavy atom. The standard InChI is InChI=1S/C13H25F3N2/c1-5-11-8-18(10(4)6-13(14,15)16)12(7-17-11)9(2)3/h9-12,17H,5-8H2,1-4H3. The van der Waals surface area contributed by atoms with Gasteiger partial charge in [-0.05, 0) is 19.3 Å². The predicted octanol–water partition coefficient (Wildman–Crippen LogP) is 3.04. The Hall–Kier alpha value is -0.290. The minimum absolute atomic E-state index is 0.199. The van der Waals surface area contributed by atoms with Gasteiger partial charge >= 0.3 is 6.18 Å². The Morgan fingerprint density at radius 1 is 1.28 bits per heavy atom. The monoisotopic (exact) mass is 266 g/mol. The van der Waals surface area contributed by atoms with Gasteiger partial charge in [0.2, 0.25) is 0 Å². The number of alkyl halides is 3. The number of halogens is 3. The lowest BCUT2D eigenvalue weighted by atomic mass is 9.95. The second-order valence-corrected chi connectivity index (χ2v) is 5.69. The number of hydrogen-bond acceptors (Lipinski definition) is 2. The van der Waals surface area contributed by atoms with E-state index >= 15 is 0 Å². The van der Waals surface area contributed by atoms with Gasteiger partial charge in [-0.25, -0.2) is 0 Å². The lowest BCUT2D eigenvalue weighted by Gasteiger charge is -2.45. The van der Waals surface area contributed by atoms with Crippen molar-refractivity contribution < 1.29 is 13.2 Å². The summed E-state index contributed by atoms with van der Waals surface area (Å²) >= 11 is 0. The highest BCUT2D eigenvalue weighted by atomic mass is 19.4. The molecule has 0 spiro atoms. The molecule has 0 aromatic carbocycles. The van der Waals surface area contributed by atoms with E-state index in [4.69, 9.17) is 0 Å². The summed E-state index contributed by atoms with van der Waals surface area (Å²) in [6.45, 7) is 9.42. The van der Waals surface area contributed by atoms with Crippen LogP contribution in [-0.2, 0) is 0 Å². The molecule has 0 bridgehead atoms. The number of nitrogens with zero attached hydrogens (tertiary/aromatic N) is 1. The predicted molar refractivity (Wildman–Crippen MR) is 67.5 cm³/mol. The molecule has 1 saturated heterocycles. The van der Waals surface area contributed by atoms with Crippen molar-refractivity contribution in [2.24, 2.45) is 5.92 Å². The van der Waals surface area contributed by atoms with Gasteiger partial charge in [0, 0.05) is 31.2 Å². The van der Waals surface area contributed by atoms with Crippen molar-refractivity contribution in [1.29, 1.82) is 0 Å². The summed E-state index contributed by atoms with van der Waals surface area (Å²) in [6.07, 6.45) is -3.83. The molecule has 5 heteroatoms. The third-order valence-electron chi connectivity index (χ3n) is 3.83. The molecule has 1 N–H and O–H groups in total. The van der Waals surface area contributed by atoms with E-state index in [1.54, 1.807) is 6.92 Å². The maximum absolute atomic E-state index is 12.5. The van der Waals surface area contributed by atoms with E-state index in [2.05, 4.69) is 26.1 Å². The van der Waals surface area contributed by atoms with Crippen LogP contribution >= 0.6 is 0 Å². The zero-order valence-corrected chi connectivity index (χ0v) is 11.7. The maximum Gasteiger partial charge on any atom is 0.390 e. The van der Waals surface area contributed by atoms with Gasteiger partial charge < -0.3 is 5.32 Å². The van der Waals surface area contributed by atoms with Gasteiger partial charge in [-0.15, -0.1) is 0 Å². The van der Waals surface area contributed by atoms with Gasteiger partial charge in [0.25, 0.3) is 0 Å². The normalized spacial score (nSPS) is 28.7. The van der Waals surface area contributed by atoms with Crippen LogP contribution < -0.4 is 5.32 Å². The van der Waals surface area contributed by atoms with Crippen molar-refractivity contribution in [1.82, 2.24) is 10.2 Å². The largest absolute Gasteiger partial charge is 0.390 e. The second kappa shape index (κ2) is 6.24. The van der Waals surface area contributed by atoms with Gasteiger partial charge in [0.15, 0.2) is 0 Å². The van der Waals surface area contributed by atoms with Crippen molar-refractivity contribution >= 4 is 0 Å². The van der Waals surface area contributed by atoms with Crippen molar-refractivity contribution in [3.05, 3.63) is 0 Å². The van der Waals surface area contributed by atoms with E-state index in [1.165, 1.54) is 0 Å². The quantitative estimate of drug-likeness (QED) is 0.841. The second-order valence-electron chi connectivity index (χ2n) is 5.69. The number of hydrogen-bond donors (Lipinski definition) is 1. The van der Waals surface area contributed by atoms with Gasteiger partial charge in [0.1, 0.15) is 0 Å². The highest BCUT2D eigenvalue weighted by molar-refractivity contribution is 4.90. The Labute approximate surface area is 108 Å². The minimum Gasteiger partial charge on any atom is -0.311 e. The third kappa shape index (κ3) is 4.43. The van der Waals surface area contributed by atoms with Crippen molar-refractivity contribution in [3.8, 4) is 0 Å². The Kier molecular flexibility index (Phi) is 5.46. The summed E-state index contributed by atoms with van der Waals surface area (Å²) in [5, 5.41) is 3.42. The fourth-order valence-corrected chi connectivity index (χ4v) is 2.71. The Morgan fingerprint density at radius 2 is 1.89 bits per heavy atom. The SMILES string of the molecule is CCC1CN(C(C)CC(F)(F)F)C(C(C)C)CN1. The first-order chi connectivity index (χ1) is 8.24. The van der Waals surface area contributed by atoms with E-state index in [-0.39, 0.29) is 6.04 Å². The van der Waals surface area contributed by atoms with Crippen molar-refractivity contribution in [2.45, 2.75) is 64.8 Å². The van der Waals surface area contributed by atoms with Crippen LogP contribution in [0.1, 0.15) is 40.5 Å². The fraction of sp³-hybridized carbons (Fsp3) is 1.00. The molecule has 0 aromatic heterocycles. The van der Waals surface area contributed by atoms with Crippen LogP contribution in [-0.4, -0.2) is 42.3 Å². The molecule has 0 amide bonds. The molecule has 0 saturated carbocycles.